The van der Waals surface area contributed by atoms with Gasteiger partial charge >= 0.3 is 12.2 Å². The van der Waals surface area contributed by atoms with Crippen LogP contribution in [0.4, 0.5) is 18.0 Å². The maximum Gasteiger partial charge on any atom is 0.403 e. The molecule has 2 atom stereocenters. The van der Waals surface area contributed by atoms with Crippen molar-refractivity contribution in [1.82, 2.24) is 15.5 Å². The number of nitrogens with zero attached hydrogens (tertiary/aromatic N) is 1. The highest BCUT2D eigenvalue weighted by Gasteiger charge is 2.41. The largest absolute Gasteiger partial charge is 0.403 e. The van der Waals surface area contributed by atoms with Gasteiger partial charge in [0.1, 0.15) is 6.04 Å². The van der Waals surface area contributed by atoms with Crippen molar-refractivity contribution in [2.75, 3.05) is 19.6 Å². The topological polar surface area (TPSA) is 44.4 Å². The van der Waals surface area contributed by atoms with Gasteiger partial charge in [-0.15, -0.1) is 0 Å². The zero-order chi connectivity index (χ0) is 14.6. The third-order valence-electron chi connectivity index (χ3n) is 4.03. The number of hydrogen-bond donors (Lipinski definition) is 2. The highest BCUT2D eigenvalue weighted by Crippen LogP contribution is 2.26. The maximum atomic E-state index is 12.5. The lowest BCUT2D eigenvalue weighted by Crippen LogP contribution is -2.56. The molecular weight excluding hydrogens is 271 g/mol. The Labute approximate surface area is 117 Å². The van der Waals surface area contributed by atoms with Crippen LogP contribution in [0.15, 0.2) is 0 Å². The van der Waals surface area contributed by atoms with Gasteiger partial charge in [-0.3, -0.25) is 0 Å². The molecule has 2 saturated heterocycles. The van der Waals surface area contributed by atoms with Gasteiger partial charge in [0.15, 0.2) is 0 Å². The van der Waals surface area contributed by atoms with E-state index < -0.39 is 12.2 Å². The fourth-order valence-corrected chi connectivity index (χ4v) is 2.80. The van der Waals surface area contributed by atoms with E-state index in [1.807, 2.05) is 0 Å². The van der Waals surface area contributed by atoms with E-state index in [0.717, 1.165) is 38.8 Å². The molecule has 2 aliphatic heterocycles. The SMILES string of the molecule is O=C(NC1CCC(C(F)(F)F)NC1)N1CCCCCC1. The zero-order valence-electron chi connectivity index (χ0n) is 11.5. The molecule has 2 heterocycles. The van der Waals surface area contributed by atoms with Gasteiger partial charge in [0, 0.05) is 25.7 Å². The number of carbonyl (C=O) groups is 1. The average molecular weight is 293 g/mol. The van der Waals surface area contributed by atoms with E-state index in [9.17, 15) is 18.0 Å². The number of likely N-dealkylation sites (tertiary alicyclic amines) is 1. The van der Waals surface area contributed by atoms with Gasteiger partial charge in [0.05, 0.1) is 0 Å². The molecule has 0 aromatic carbocycles. The van der Waals surface area contributed by atoms with Crippen molar-refractivity contribution in [3.8, 4) is 0 Å². The molecule has 0 bridgehead atoms. The van der Waals surface area contributed by atoms with Crippen LogP contribution in [0.2, 0.25) is 0 Å². The number of nitrogens with one attached hydrogen (secondary N) is 2. The van der Waals surface area contributed by atoms with Gasteiger partial charge in [0.2, 0.25) is 0 Å². The minimum atomic E-state index is -4.19. The molecule has 2 fully saturated rings. The normalized spacial score (nSPS) is 28.9. The Kier molecular flexibility index (Phi) is 5.12. The minimum absolute atomic E-state index is 0.0223. The Bertz CT molecular complexity index is 319. The summed E-state index contributed by atoms with van der Waals surface area (Å²) in [6, 6.07) is -1.78. The van der Waals surface area contributed by atoms with Crippen LogP contribution in [0.25, 0.3) is 0 Å². The summed E-state index contributed by atoms with van der Waals surface area (Å²) in [5.41, 5.74) is 0. The molecule has 2 rings (SSSR count). The van der Waals surface area contributed by atoms with E-state index in [4.69, 9.17) is 0 Å². The number of halogens is 3. The molecule has 4 nitrogen and oxygen atoms in total. The Morgan fingerprint density at radius 1 is 1.10 bits per heavy atom. The lowest BCUT2D eigenvalue weighted by molar-refractivity contribution is -0.160. The number of urea groups is 1. The Balaban J connectivity index is 1.75. The molecule has 2 unspecified atom stereocenters. The first kappa shape index (κ1) is 15.4. The van der Waals surface area contributed by atoms with Crippen LogP contribution in [0, 0.1) is 0 Å². The summed E-state index contributed by atoms with van der Waals surface area (Å²) in [5, 5.41) is 5.32. The van der Waals surface area contributed by atoms with Gasteiger partial charge in [-0.05, 0) is 25.7 Å². The second-order valence-electron chi connectivity index (χ2n) is 5.63. The molecule has 2 amide bonds. The molecule has 116 valence electrons. The van der Waals surface area contributed by atoms with Crippen LogP contribution in [-0.4, -0.2) is 48.8 Å². The van der Waals surface area contributed by atoms with Crippen LogP contribution in [0.3, 0.4) is 0 Å². The first-order valence-corrected chi connectivity index (χ1v) is 7.32. The summed E-state index contributed by atoms with van der Waals surface area (Å²) >= 11 is 0. The summed E-state index contributed by atoms with van der Waals surface area (Å²) in [6.45, 7) is 1.68. The van der Waals surface area contributed by atoms with E-state index >= 15 is 0 Å². The number of amides is 2. The third-order valence-corrected chi connectivity index (χ3v) is 4.03. The van der Waals surface area contributed by atoms with Crippen molar-refractivity contribution in [2.45, 2.75) is 56.8 Å². The lowest BCUT2D eigenvalue weighted by Gasteiger charge is -2.33. The van der Waals surface area contributed by atoms with Crippen LogP contribution in [0.5, 0.6) is 0 Å². The highest BCUT2D eigenvalue weighted by molar-refractivity contribution is 5.74. The van der Waals surface area contributed by atoms with Gasteiger partial charge in [0.25, 0.3) is 0 Å². The van der Waals surface area contributed by atoms with Crippen LogP contribution in [0.1, 0.15) is 38.5 Å². The molecule has 20 heavy (non-hydrogen) atoms. The smallest absolute Gasteiger partial charge is 0.334 e. The summed E-state index contributed by atoms with van der Waals surface area (Å²) < 4.78 is 37.5. The van der Waals surface area contributed by atoms with Crippen LogP contribution < -0.4 is 10.6 Å². The minimum Gasteiger partial charge on any atom is -0.334 e. The molecule has 0 radical (unpaired) electrons. The summed E-state index contributed by atoms with van der Waals surface area (Å²) in [6.07, 6.45) is 0.494. The molecule has 2 aliphatic rings. The monoisotopic (exact) mass is 293 g/mol. The van der Waals surface area contributed by atoms with Crippen LogP contribution >= 0.6 is 0 Å². The predicted molar refractivity (Wildman–Crippen MR) is 69.4 cm³/mol. The van der Waals surface area contributed by atoms with E-state index in [2.05, 4.69) is 10.6 Å². The quantitative estimate of drug-likeness (QED) is 0.779. The number of alkyl halides is 3. The zero-order valence-corrected chi connectivity index (χ0v) is 11.5. The van der Waals surface area contributed by atoms with E-state index in [-0.39, 0.29) is 25.0 Å². The molecular formula is C13H22F3N3O. The predicted octanol–water partition coefficient (Wildman–Crippen LogP) is 2.25. The van der Waals surface area contributed by atoms with Gasteiger partial charge in [-0.25, -0.2) is 4.79 Å². The van der Waals surface area contributed by atoms with Gasteiger partial charge < -0.3 is 15.5 Å². The van der Waals surface area contributed by atoms with Gasteiger partial charge in [-0.2, -0.15) is 13.2 Å². The van der Waals surface area contributed by atoms with Crippen molar-refractivity contribution in [3.05, 3.63) is 0 Å². The second-order valence-corrected chi connectivity index (χ2v) is 5.63. The fourth-order valence-electron chi connectivity index (χ4n) is 2.80. The number of carbonyl (C=O) groups excluding carboxylic acids is 1. The fraction of sp³-hybridized carbons (Fsp3) is 0.923. The first-order valence-electron chi connectivity index (χ1n) is 7.32. The molecule has 2 N–H and O–H groups in total. The van der Waals surface area contributed by atoms with E-state index in [0.29, 0.717) is 6.42 Å². The van der Waals surface area contributed by atoms with E-state index in [1.54, 1.807) is 4.90 Å². The number of piperidine rings is 1. The molecule has 0 saturated carbocycles. The number of hydrogen-bond acceptors (Lipinski definition) is 2. The third kappa shape index (κ3) is 4.26. The van der Waals surface area contributed by atoms with Crippen molar-refractivity contribution >= 4 is 6.03 Å². The summed E-state index contributed by atoms with van der Waals surface area (Å²) in [5.74, 6) is 0. The van der Waals surface area contributed by atoms with Crippen molar-refractivity contribution in [2.24, 2.45) is 0 Å². The van der Waals surface area contributed by atoms with E-state index in [1.165, 1.54) is 0 Å². The summed E-state index contributed by atoms with van der Waals surface area (Å²) in [4.78, 5) is 13.8. The Hall–Kier alpha value is -0.980. The lowest BCUT2D eigenvalue weighted by atomic mass is 10.0. The van der Waals surface area contributed by atoms with Gasteiger partial charge in [-0.1, -0.05) is 12.8 Å². The Morgan fingerprint density at radius 2 is 1.75 bits per heavy atom. The van der Waals surface area contributed by atoms with Crippen molar-refractivity contribution < 1.29 is 18.0 Å². The summed E-state index contributed by atoms with van der Waals surface area (Å²) in [7, 11) is 0. The highest BCUT2D eigenvalue weighted by atomic mass is 19.4. The molecule has 0 aliphatic carbocycles. The first-order chi connectivity index (χ1) is 9.47. The molecule has 7 heteroatoms. The molecule has 0 spiro atoms. The number of rotatable bonds is 1. The van der Waals surface area contributed by atoms with Crippen molar-refractivity contribution in [1.29, 1.82) is 0 Å². The molecule has 0 aromatic rings. The van der Waals surface area contributed by atoms with Crippen molar-refractivity contribution in [3.63, 3.8) is 0 Å². The average Bonchev–Trinajstić information content (AvgIpc) is 2.67. The maximum absolute atomic E-state index is 12.5. The standard InChI is InChI=1S/C13H22F3N3O/c14-13(15,16)11-6-5-10(9-17-11)18-12(20)19-7-3-1-2-4-8-19/h10-11,17H,1-9H2,(H,18,20). The Morgan fingerprint density at radius 3 is 2.25 bits per heavy atom. The van der Waals surface area contributed by atoms with Crippen LogP contribution in [-0.2, 0) is 0 Å². The second kappa shape index (κ2) is 6.65. The molecule has 0 aromatic heterocycles.